The van der Waals surface area contributed by atoms with Crippen molar-refractivity contribution in [3.63, 3.8) is 0 Å². The van der Waals surface area contributed by atoms with Crippen LogP contribution in [0.4, 0.5) is 0 Å². The SMILES string of the molecule is CC1(CI)CCOc2ccc(I)cc21. The lowest BCUT2D eigenvalue weighted by atomic mass is 9.80. The monoisotopic (exact) mass is 414 g/mol. The number of hydrogen-bond donors (Lipinski definition) is 0. The predicted octanol–water partition coefficient (Wildman–Crippen LogP) is 3.77. The molecule has 76 valence electrons. The molecule has 1 unspecified atom stereocenters. The van der Waals surface area contributed by atoms with Crippen LogP contribution in [0.2, 0.25) is 0 Å². The normalized spacial score (nSPS) is 25.4. The average Bonchev–Trinajstić information content (AvgIpc) is 2.20. The summed E-state index contributed by atoms with van der Waals surface area (Å²) in [4.78, 5) is 0. The van der Waals surface area contributed by atoms with Crippen LogP contribution in [0.15, 0.2) is 18.2 Å². The lowest BCUT2D eigenvalue weighted by Crippen LogP contribution is -2.31. The minimum atomic E-state index is 0.301. The van der Waals surface area contributed by atoms with Crippen molar-refractivity contribution in [2.45, 2.75) is 18.8 Å². The molecular formula is C11H12I2O. The topological polar surface area (TPSA) is 9.23 Å². The van der Waals surface area contributed by atoms with Crippen molar-refractivity contribution < 1.29 is 4.74 Å². The highest BCUT2D eigenvalue weighted by molar-refractivity contribution is 14.1. The lowest BCUT2D eigenvalue weighted by Gasteiger charge is -2.34. The van der Waals surface area contributed by atoms with E-state index in [-0.39, 0.29) is 0 Å². The average molecular weight is 414 g/mol. The summed E-state index contributed by atoms with van der Waals surface area (Å²) >= 11 is 4.83. The van der Waals surface area contributed by atoms with E-state index in [0.717, 1.165) is 23.2 Å². The molecule has 2 rings (SSSR count). The molecule has 0 saturated carbocycles. The van der Waals surface area contributed by atoms with Crippen molar-refractivity contribution in [1.29, 1.82) is 0 Å². The summed E-state index contributed by atoms with van der Waals surface area (Å²) in [7, 11) is 0. The zero-order valence-corrected chi connectivity index (χ0v) is 12.3. The van der Waals surface area contributed by atoms with Crippen LogP contribution in [0.1, 0.15) is 18.9 Å². The van der Waals surface area contributed by atoms with Crippen LogP contribution in [0.3, 0.4) is 0 Å². The quantitative estimate of drug-likeness (QED) is 0.503. The van der Waals surface area contributed by atoms with Gasteiger partial charge in [-0.2, -0.15) is 0 Å². The second kappa shape index (κ2) is 4.15. The summed E-state index contributed by atoms with van der Waals surface area (Å²) in [6.45, 7) is 3.18. The molecule has 0 N–H and O–H groups in total. The largest absolute Gasteiger partial charge is 0.493 e. The van der Waals surface area contributed by atoms with Gasteiger partial charge in [0.15, 0.2) is 0 Å². The number of benzene rings is 1. The molecule has 1 aromatic rings. The van der Waals surface area contributed by atoms with Crippen molar-refractivity contribution in [3.8, 4) is 5.75 Å². The van der Waals surface area contributed by atoms with Crippen molar-refractivity contribution >= 4 is 45.2 Å². The van der Waals surface area contributed by atoms with Gasteiger partial charge in [0.1, 0.15) is 5.75 Å². The second-order valence-corrected chi connectivity index (χ2v) is 5.94. The van der Waals surface area contributed by atoms with Gasteiger partial charge >= 0.3 is 0 Å². The van der Waals surface area contributed by atoms with E-state index in [9.17, 15) is 0 Å². The first kappa shape index (κ1) is 11.0. The van der Waals surface area contributed by atoms with Crippen LogP contribution in [0.25, 0.3) is 0 Å². The van der Waals surface area contributed by atoms with Gasteiger partial charge < -0.3 is 4.74 Å². The summed E-state index contributed by atoms with van der Waals surface area (Å²) in [5, 5.41) is 0. The Morgan fingerprint density at radius 3 is 3.00 bits per heavy atom. The first-order valence-corrected chi connectivity index (χ1v) is 7.25. The van der Waals surface area contributed by atoms with E-state index in [4.69, 9.17) is 4.74 Å². The molecule has 0 bridgehead atoms. The Morgan fingerprint density at radius 1 is 1.50 bits per heavy atom. The second-order valence-electron chi connectivity index (χ2n) is 3.93. The van der Waals surface area contributed by atoms with E-state index in [1.54, 1.807) is 0 Å². The lowest BCUT2D eigenvalue weighted by molar-refractivity contribution is 0.237. The maximum atomic E-state index is 5.67. The molecule has 0 amide bonds. The highest BCUT2D eigenvalue weighted by atomic mass is 127. The van der Waals surface area contributed by atoms with Gasteiger partial charge in [-0.3, -0.25) is 0 Å². The first-order chi connectivity index (χ1) is 6.65. The van der Waals surface area contributed by atoms with E-state index in [0.29, 0.717) is 5.41 Å². The van der Waals surface area contributed by atoms with Gasteiger partial charge in [-0.15, -0.1) is 0 Å². The summed E-state index contributed by atoms with van der Waals surface area (Å²) in [6, 6.07) is 6.47. The maximum Gasteiger partial charge on any atom is 0.123 e. The fraction of sp³-hybridized carbons (Fsp3) is 0.455. The van der Waals surface area contributed by atoms with Gasteiger partial charge in [-0.1, -0.05) is 29.5 Å². The minimum Gasteiger partial charge on any atom is -0.493 e. The number of fused-ring (bicyclic) bond motifs is 1. The predicted molar refractivity (Wildman–Crippen MR) is 75.5 cm³/mol. The van der Waals surface area contributed by atoms with Crippen LogP contribution in [0, 0.1) is 3.57 Å². The van der Waals surface area contributed by atoms with Crippen LogP contribution >= 0.6 is 45.2 Å². The summed E-state index contributed by atoms with van der Waals surface area (Å²) in [5.74, 6) is 1.08. The van der Waals surface area contributed by atoms with Gasteiger partial charge in [-0.05, 0) is 47.2 Å². The van der Waals surface area contributed by atoms with E-state index >= 15 is 0 Å². The Kier molecular flexibility index (Phi) is 3.26. The highest BCUT2D eigenvalue weighted by Gasteiger charge is 2.32. The molecule has 1 atom stereocenters. The first-order valence-electron chi connectivity index (χ1n) is 4.64. The number of rotatable bonds is 1. The molecule has 1 aliphatic heterocycles. The third kappa shape index (κ3) is 1.89. The fourth-order valence-electron chi connectivity index (χ4n) is 1.76. The number of ether oxygens (including phenoxy) is 1. The molecule has 0 fully saturated rings. The molecule has 1 aliphatic rings. The Bertz CT molecular complexity index is 351. The zero-order valence-electron chi connectivity index (χ0n) is 8.02. The van der Waals surface area contributed by atoms with Crippen LogP contribution in [-0.2, 0) is 5.41 Å². The van der Waals surface area contributed by atoms with E-state index in [2.05, 4.69) is 70.3 Å². The molecule has 1 aromatic carbocycles. The van der Waals surface area contributed by atoms with Crippen molar-refractivity contribution in [3.05, 3.63) is 27.3 Å². The van der Waals surface area contributed by atoms with Crippen LogP contribution in [-0.4, -0.2) is 11.0 Å². The molecule has 1 nitrogen and oxygen atoms in total. The third-order valence-corrected chi connectivity index (χ3v) is 5.15. The van der Waals surface area contributed by atoms with Gasteiger partial charge in [0.25, 0.3) is 0 Å². The Hall–Kier alpha value is 0.480. The number of halogens is 2. The third-order valence-electron chi connectivity index (χ3n) is 2.80. The van der Waals surface area contributed by atoms with E-state index < -0.39 is 0 Å². The van der Waals surface area contributed by atoms with E-state index in [1.165, 1.54) is 9.13 Å². The fourth-order valence-corrected chi connectivity index (χ4v) is 3.04. The van der Waals surface area contributed by atoms with Gasteiger partial charge in [-0.25, -0.2) is 0 Å². The Labute approximate surface area is 112 Å². The molecule has 14 heavy (non-hydrogen) atoms. The maximum absolute atomic E-state index is 5.67. The molecule has 1 heterocycles. The molecule has 0 saturated heterocycles. The molecular weight excluding hydrogens is 402 g/mol. The van der Waals surface area contributed by atoms with Crippen molar-refractivity contribution in [1.82, 2.24) is 0 Å². The smallest absolute Gasteiger partial charge is 0.123 e. The highest BCUT2D eigenvalue weighted by Crippen LogP contribution is 2.40. The minimum absolute atomic E-state index is 0.301. The molecule has 0 aliphatic carbocycles. The van der Waals surface area contributed by atoms with Gasteiger partial charge in [0.2, 0.25) is 0 Å². The zero-order chi connectivity index (χ0) is 10.2. The van der Waals surface area contributed by atoms with Crippen LogP contribution in [0.5, 0.6) is 5.75 Å². The summed E-state index contributed by atoms with van der Waals surface area (Å²) in [6.07, 6.45) is 1.13. The van der Waals surface area contributed by atoms with Gasteiger partial charge in [0, 0.05) is 19.0 Å². The molecule has 3 heteroatoms. The summed E-state index contributed by atoms with van der Waals surface area (Å²) in [5.41, 5.74) is 1.68. The Morgan fingerprint density at radius 2 is 2.29 bits per heavy atom. The molecule has 0 radical (unpaired) electrons. The molecule has 0 aromatic heterocycles. The van der Waals surface area contributed by atoms with Crippen LogP contribution < -0.4 is 4.74 Å². The Balaban J connectivity index is 2.52. The van der Waals surface area contributed by atoms with Crippen molar-refractivity contribution in [2.75, 3.05) is 11.0 Å². The summed E-state index contributed by atoms with van der Waals surface area (Å²) < 4.78 is 8.12. The van der Waals surface area contributed by atoms with Crippen molar-refractivity contribution in [2.24, 2.45) is 0 Å². The standard InChI is InChI=1S/C11H12I2O/c1-11(7-12)4-5-14-10-3-2-8(13)6-9(10)11/h2-3,6H,4-5,7H2,1H3. The van der Waals surface area contributed by atoms with Gasteiger partial charge in [0.05, 0.1) is 6.61 Å². The van der Waals surface area contributed by atoms with E-state index in [1.807, 2.05) is 0 Å². The number of alkyl halides is 1. The number of hydrogen-bond acceptors (Lipinski definition) is 1. The molecule has 0 spiro atoms.